The molecule has 0 radical (unpaired) electrons. The molecule has 0 fully saturated rings. The molecule has 1 atom stereocenters. The Balaban J connectivity index is 1.53. The van der Waals surface area contributed by atoms with Crippen LogP contribution in [0.3, 0.4) is 0 Å². The van der Waals surface area contributed by atoms with Crippen LogP contribution < -0.4 is 14.2 Å². The summed E-state index contributed by atoms with van der Waals surface area (Å²) < 4.78 is 16.9. The molecule has 0 bridgehead atoms. The second-order valence-corrected chi connectivity index (χ2v) is 7.77. The molecule has 3 aromatic rings. The van der Waals surface area contributed by atoms with Crippen LogP contribution in [0.5, 0.6) is 17.2 Å². The predicted octanol–water partition coefficient (Wildman–Crippen LogP) is 7.01. The van der Waals surface area contributed by atoms with Crippen LogP contribution in [0.15, 0.2) is 77.8 Å². The third-order valence-corrected chi connectivity index (χ3v) is 5.06. The Bertz CT molecular complexity index is 1030. The van der Waals surface area contributed by atoms with Crippen molar-refractivity contribution in [2.24, 2.45) is 4.99 Å². The van der Waals surface area contributed by atoms with Gasteiger partial charge < -0.3 is 14.2 Å². The summed E-state index contributed by atoms with van der Waals surface area (Å²) in [5.41, 5.74) is 2.22. The van der Waals surface area contributed by atoms with E-state index in [0.717, 1.165) is 42.0 Å². The molecule has 0 spiro atoms. The molecule has 0 N–H and O–H groups in total. The van der Waals surface area contributed by atoms with Crippen LogP contribution in [-0.2, 0) is 0 Å². The van der Waals surface area contributed by atoms with Crippen LogP contribution >= 0.6 is 0 Å². The largest absolute Gasteiger partial charge is 0.494 e. The number of rotatable bonds is 11. The smallest absolute Gasteiger partial charge is 0.343 e. The van der Waals surface area contributed by atoms with Gasteiger partial charge >= 0.3 is 5.97 Å². The minimum atomic E-state index is -0.406. The van der Waals surface area contributed by atoms with Gasteiger partial charge in [0.05, 0.1) is 24.0 Å². The summed E-state index contributed by atoms with van der Waals surface area (Å²) in [6.07, 6.45) is 5.01. The van der Waals surface area contributed by atoms with E-state index >= 15 is 0 Å². The number of esters is 1. The van der Waals surface area contributed by atoms with E-state index in [0.29, 0.717) is 17.9 Å². The summed E-state index contributed by atoms with van der Waals surface area (Å²) in [6, 6.07) is 21.9. The summed E-state index contributed by atoms with van der Waals surface area (Å²) >= 11 is 0. The highest BCUT2D eigenvalue weighted by Gasteiger charge is 2.09. The highest BCUT2D eigenvalue weighted by molar-refractivity contribution is 5.91. The Kier molecular flexibility index (Phi) is 9.07. The Labute approximate surface area is 196 Å². The second-order valence-electron chi connectivity index (χ2n) is 7.77. The van der Waals surface area contributed by atoms with Crippen molar-refractivity contribution in [2.75, 3.05) is 6.61 Å². The van der Waals surface area contributed by atoms with Crippen molar-refractivity contribution >= 4 is 17.9 Å². The molecule has 3 aromatic carbocycles. The van der Waals surface area contributed by atoms with Crippen LogP contribution in [-0.4, -0.2) is 24.9 Å². The van der Waals surface area contributed by atoms with E-state index in [-0.39, 0.29) is 6.10 Å². The number of carbonyl (C=O) groups is 1. The van der Waals surface area contributed by atoms with Crippen molar-refractivity contribution in [2.45, 2.75) is 46.1 Å². The van der Waals surface area contributed by atoms with Crippen LogP contribution in [0.1, 0.15) is 56.0 Å². The zero-order chi connectivity index (χ0) is 23.5. The predicted molar refractivity (Wildman–Crippen MR) is 132 cm³/mol. The van der Waals surface area contributed by atoms with Crippen molar-refractivity contribution in [3.05, 3.63) is 83.9 Å². The highest BCUT2D eigenvalue weighted by atomic mass is 16.5. The van der Waals surface area contributed by atoms with Gasteiger partial charge in [-0.3, -0.25) is 4.99 Å². The van der Waals surface area contributed by atoms with E-state index in [1.165, 1.54) is 0 Å². The summed E-state index contributed by atoms with van der Waals surface area (Å²) in [6.45, 7) is 6.93. The van der Waals surface area contributed by atoms with Crippen LogP contribution in [0.2, 0.25) is 0 Å². The van der Waals surface area contributed by atoms with Gasteiger partial charge in [0.15, 0.2) is 0 Å². The number of carbonyl (C=O) groups excluding carboxylic acids is 1. The molecule has 0 saturated heterocycles. The first kappa shape index (κ1) is 24.1. The lowest BCUT2D eigenvalue weighted by Gasteiger charge is -2.12. The summed E-state index contributed by atoms with van der Waals surface area (Å²) in [4.78, 5) is 16.9. The topological polar surface area (TPSA) is 57.1 Å². The van der Waals surface area contributed by atoms with Crippen LogP contribution in [0.4, 0.5) is 5.69 Å². The van der Waals surface area contributed by atoms with Gasteiger partial charge in [0.25, 0.3) is 0 Å². The Morgan fingerprint density at radius 2 is 1.52 bits per heavy atom. The quantitative estimate of drug-likeness (QED) is 0.138. The molecule has 0 amide bonds. The van der Waals surface area contributed by atoms with Gasteiger partial charge in [-0.25, -0.2) is 4.79 Å². The number of aliphatic imine (C=N–C) groups is 1. The zero-order valence-corrected chi connectivity index (χ0v) is 19.5. The van der Waals surface area contributed by atoms with Crippen molar-refractivity contribution in [1.29, 1.82) is 0 Å². The van der Waals surface area contributed by atoms with Gasteiger partial charge in [0.1, 0.15) is 17.2 Å². The fourth-order valence-electron chi connectivity index (χ4n) is 2.88. The lowest BCUT2D eigenvalue weighted by Crippen LogP contribution is -2.09. The summed E-state index contributed by atoms with van der Waals surface area (Å²) in [7, 11) is 0. The number of ether oxygens (including phenoxy) is 3. The maximum atomic E-state index is 12.4. The Hall–Kier alpha value is -3.60. The lowest BCUT2D eigenvalue weighted by molar-refractivity contribution is 0.0734. The third kappa shape index (κ3) is 7.79. The third-order valence-electron chi connectivity index (χ3n) is 5.06. The molecule has 0 aromatic heterocycles. The number of hydrogen-bond donors (Lipinski definition) is 0. The molecule has 33 heavy (non-hydrogen) atoms. The normalized spacial score (nSPS) is 11.8. The van der Waals surface area contributed by atoms with Crippen LogP contribution in [0, 0.1) is 0 Å². The first-order valence-electron chi connectivity index (χ1n) is 11.4. The minimum absolute atomic E-state index is 0.191. The minimum Gasteiger partial charge on any atom is -0.494 e. The number of unbranched alkanes of at least 4 members (excludes halogenated alkanes) is 1. The molecule has 0 saturated carbocycles. The Morgan fingerprint density at radius 1 is 0.879 bits per heavy atom. The molecular weight excluding hydrogens is 414 g/mol. The number of hydrogen-bond acceptors (Lipinski definition) is 5. The highest BCUT2D eigenvalue weighted by Crippen LogP contribution is 2.20. The van der Waals surface area contributed by atoms with E-state index in [9.17, 15) is 4.79 Å². The monoisotopic (exact) mass is 445 g/mol. The number of benzene rings is 3. The van der Waals surface area contributed by atoms with Gasteiger partial charge in [-0.15, -0.1) is 0 Å². The van der Waals surface area contributed by atoms with Crippen molar-refractivity contribution in [3.63, 3.8) is 0 Å². The van der Waals surface area contributed by atoms with E-state index in [2.05, 4.69) is 18.8 Å². The molecule has 0 aliphatic carbocycles. The molecule has 0 unspecified atom stereocenters. The molecular formula is C28H31NO4. The van der Waals surface area contributed by atoms with E-state index < -0.39 is 5.97 Å². The molecule has 172 valence electrons. The first-order valence-corrected chi connectivity index (χ1v) is 11.4. The average molecular weight is 446 g/mol. The molecule has 5 nitrogen and oxygen atoms in total. The van der Waals surface area contributed by atoms with E-state index in [1.807, 2.05) is 43.3 Å². The molecule has 0 aliphatic heterocycles. The van der Waals surface area contributed by atoms with Crippen LogP contribution in [0.25, 0.3) is 0 Å². The van der Waals surface area contributed by atoms with Crippen molar-refractivity contribution in [3.8, 4) is 17.2 Å². The van der Waals surface area contributed by atoms with Gasteiger partial charge in [0, 0.05) is 6.21 Å². The SMILES string of the molecule is CCCCOc1ccc(C(=O)Oc2ccc(C=Nc3ccc(O[C@@H](C)CC)cc3)cc2)cc1. The average Bonchev–Trinajstić information content (AvgIpc) is 2.85. The van der Waals surface area contributed by atoms with Crippen molar-refractivity contribution in [1.82, 2.24) is 0 Å². The van der Waals surface area contributed by atoms with Gasteiger partial charge in [-0.2, -0.15) is 0 Å². The second kappa shape index (κ2) is 12.4. The summed E-state index contributed by atoms with van der Waals surface area (Å²) in [5, 5.41) is 0. The standard InChI is InChI=1S/C28H31NO4/c1-4-6-19-31-25-15-9-23(10-16-25)28(30)33-27-13-7-22(8-14-27)20-29-24-11-17-26(18-12-24)32-21(3)5-2/h7-18,20-21H,4-6,19H2,1-3H3/t21-/m0/s1. The molecule has 3 rings (SSSR count). The fraction of sp³-hybridized carbons (Fsp3) is 0.286. The van der Waals surface area contributed by atoms with E-state index in [1.54, 1.807) is 42.6 Å². The fourth-order valence-corrected chi connectivity index (χ4v) is 2.88. The number of nitrogens with zero attached hydrogens (tertiary/aromatic N) is 1. The van der Waals surface area contributed by atoms with Crippen molar-refractivity contribution < 1.29 is 19.0 Å². The first-order chi connectivity index (χ1) is 16.1. The van der Waals surface area contributed by atoms with E-state index in [4.69, 9.17) is 14.2 Å². The molecule has 0 aliphatic rings. The maximum Gasteiger partial charge on any atom is 0.343 e. The van der Waals surface area contributed by atoms with Gasteiger partial charge in [-0.05, 0) is 98.1 Å². The molecule has 0 heterocycles. The summed E-state index contributed by atoms with van der Waals surface area (Å²) in [5.74, 6) is 1.66. The molecule has 5 heteroatoms. The van der Waals surface area contributed by atoms with Gasteiger partial charge in [-0.1, -0.05) is 20.3 Å². The van der Waals surface area contributed by atoms with Gasteiger partial charge in [0.2, 0.25) is 0 Å². The Morgan fingerprint density at radius 3 is 2.15 bits per heavy atom. The lowest BCUT2D eigenvalue weighted by atomic mass is 10.2. The zero-order valence-electron chi connectivity index (χ0n) is 19.5. The maximum absolute atomic E-state index is 12.4.